The highest BCUT2D eigenvalue weighted by Crippen LogP contribution is 2.29. The second kappa shape index (κ2) is 10.4. The van der Waals surface area contributed by atoms with E-state index in [1.165, 1.54) is 6.08 Å². The summed E-state index contributed by atoms with van der Waals surface area (Å²) in [6.45, 7) is 6.82. The normalized spacial score (nSPS) is 10.9. The van der Waals surface area contributed by atoms with Crippen molar-refractivity contribution in [3.05, 3.63) is 58.1 Å². The summed E-state index contributed by atoms with van der Waals surface area (Å²) in [5, 5.41) is 12.7. The van der Waals surface area contributed by atoms with Gasteiger partial charge in [-0.25, -0.2) is 0 Å². The zero-order valence-corrected chi connectivity index (χ0v) is 17.0. The van der Waals surface area contributed by atoms with Crippen LogP contribution in [0.15, 0.2) is 42.0 Å². The summed E-state index contributed by atoms with van der Waals surface area (Å²) < 4.78 is 11.3. The Morgan fingerprint density at radius 2 is 1.96 bits per heavy atom. The van der Waals surface area contributed by atoms with Gasteiger partial charge in [-0.15, -0.1) is 0 Å². The van der Waals surface area contributed by atoms with E-state index in [9.17, 15) is 10.1 Å². The van der Waals surface area contributed by atoms with E-state index in [1.54, 1.807) is 36.4 Å². The second-order valence-corrected chi connectivity index (χ2v) is 6.51. The lowest BCUT2D eigenvalue weighted by Gasteiger charge is -2.12. The van der Waals surface area contributed by atoms with Crippen molar-refractivity contribution in [2.45, 2.75) is 27.2 Å². The maximum Gasteiger partial charge on any atom is 0.266 e. The third-order valence-electron chi connectivity index (χ3n) is 3.85. The molecule has 1 N–H and O–H groups in total. The van der Waals surface area contributed by atoms with Crippen LogP contribution < -0.4 is 14.8 Å². The van der Waals surface area contributed by atoms with Crippen LogP contribution in [0.25, 0.3) is 6.08 Å². The fourth-order valence-corrected chi connectivity index (χ4v) is 2.62. The monoisotopic (exact) mass is 398 g/mol. The first-order valence-corrected chi connectivity index (χ1v) is 9.45. The molecule has 2 aromatic carbocycles. The lowest BCUT2D eigenvalue weighted by molar-refractivity contribution is -0.112. The Morgan fingerprint density at radius 3 is 2.64 bits per heavy atom. The molecular weight excluding hydrogens is 376 g/mol. The number of carbonyl (C=O) groups excluding carboxylic acids is 1. The van der Waals surface area contributed by atoms with Gasteiger partial charge in [0.2, 0.25) is 0 Å². The zero-order chi connectivity index (χ0) is 20.5. The Bertz CT molecular complexity index is 916. The molecule has 0 saturated carbocycles. The van der Waals surface area contributed by atoms with E-state index in [2.05, 4.69) is 5.32 Å². The highest BCUT2D eigenvalue weighted by Gasteiger charge is 2.12. The number of hydrogen-bond donors (Lipinski definition) is 1. The molecule has 1 amide bonds. The van der Waals surface area contributed by atoms with E-state index in [0.717, 1.165) is 12.0 Å². The SMILES string of the molecule is CCCOc1ccc(/C=C(\C#N)C(=O)Nc2cc(Cl)ccc2C)cc1OCC. The fourth-order valence-electron chi connectivity index (χ4n) is 2.45. The number of nitrogens with zero attached hydrogens (tertiary/aromatic N) is 1. The number of halogens is 1. The number of aryl methyl sites for hydroxylation is 1. The fraction of sp³-hybridized carbons (Fsp3) is 0.273. The molecule has 5 nitrogen and oxygen atoms in total. The molecule has 0 aliphatic heterocycles. The highest BCUT2D eigenvalue weighted by atomic mass is 35.5. The summed E-state index contributed by atoms with van der Waals surface area (Å²) >= 11 is 5.98. The molecule has 0 aromatic heterocycles. The lowest BCUT2D eigenvalue weighted by Crippen LogP contribution is -2.14. The maximum absolute atomic E-state index is 12.5. The van der Waals surface area contributed by atoms with Crippen molar-refractivity contribution in [3.63, 3.8) is 0 Å². The summed E-state index contributed by atoms with van der Waals surface area (Å²) in [6, 6.07) is 12.5. The van der Waals surface area contributed by atoms with Crippen molar-refractivity contribution >= 4 is 29.3 Å². The summed E-state index contributed by atoms with van der Waals surface area (Å²) in [4.78, 5) is 12.5. The molecule has 0 aliphatic carbocycles. The Kier molecular flexibility index (Phi) is 7.91. The molecule has 28 heavy (non-hydrogen) atoms. The predicted octanol–water partition coefficient (Wildman–Crippen LogP) is 5.38. The van der Waals surface area contributed by atoms with Crippen molar-refractivity contribution in [2.75, 3.05) is 18.5 Å². The largest absolute Gasteiger partial charge is 0.490 e. The summed E-state index contributed by atoms with van der Waals surface area (Å²) in [6.07, 6.45) is 2.40. The van der Waals surface area contributed by atoms with Crippen LogP contribution in [-0.4, -0.2) is 19.1 Å². The maximum atomic E-state index is 12.5. The third-order valence-corrected chi connectivity index (χ3v) is 4.09. The van der Waals surface area contributed by atoms with Crippen LogP contribution >= 0.6 is 11.6 Å². The number of ether oxygens (including phenoxy) is 2. The van der Waals surface area contributed by atoms with Crippen molar-refractivity contribution in [1.29, 1.82) is 5.26 Å². The molecule has 0 atom stereocenters. The standard InChI is InChI=1S/C22H23ClN2O3/c1-4-10-28-20-9-7-16(12-21(20)27-5-2)11-17(14-24)22(26)25-19-13-18(23)8-6-15(19)3/h6-9,11-13H,4-5,10H2,1-3H3,(H,25,26)/b17-11+. The molecule has 146 valence electrons. The Balaban J connectivity index is 2.27. The molecular formula is C22H23ClN2O3. The van der Waals surface area contributed by atoms with Crippen molar-refractivity contribution in [1.82, 2.24) is 0 Å². The number of anilines is 1. The highest BCUT2D eigenvalue weighted by molar-refractivity contribution is 6.31. The molecule has 0 aliphatic rings. The third kappa shape index (κ3) is 5.77. The number of hydrogen-bond acceptors (Lipinski definition) is 4. The van der Waals surface area contributed by atoms with Crippen LogP contribution in [0.3, 0.4) is 0 Å². The van der Waals surface area contributed by atoms with Crippen LogP contribution in [0.2, 0.25) is 5.02 Å². The van der Waals surface area contributed by atoms with E-state index < -0.39 is 5.91 Å². The van der Waals surface area contributed by atoms with Crippen molar-refractivity contribution in [2.24, 2.45) is 0 Å². The number of carbonyl (C=O) groups is 1. The first-order chi connectivity index (χ1) is 13.5. The van der Waals surface area contributed by atoms with Gasteiger partial charge in [-0.3, -0.25) is 4.79 Å². The molecule has 2 aromatic rings. The lowest BCUT2D eigenvalue weighted by atomic mass is 10.1. The molecule has 0 heterocycles. The molecule has 0 bridgehead atoms. The van der Waals surface area contributed by atoms with Gasteiger partial charge in [0.1, 0.15) is 11.6 Å². The quantitative estimate of drug-likeness (QED) is 0.478. The van der Waals surface area contributed by atoms with E-state index in [4.69, 9.17) is 21.1 Å². The number of nitrogens with one attached hydrogen (secondary N) is 1. The van der Waals surface area contributed by atoms with Gasteiger partial charge in [0.05, 0.1) is 13.2 Å². The summed E-state index contributed by atoms with van der Waals surface area (Å²) in [7, 11) is 0. The van der Waals surface area contributed by atoms with E-state index in [-0.39, 0.29) is 5.57 Å². The minimum absolute atomic E-state index is 0.0240. The first-order valence-electron chi connectivity index (χ1n) is 9.07. The van der Waals surface area contributed by atoms with Gasteiger partial charge in [-0.05, 0) is 61.7 Å². The average Bonchev–Trinajstić information content (AvgIpc) is 2.68. The van der Waals surface area contributed by atoms with Crippen LogP contribution in [0.5, 0.6) is 11.5 Å². The van der Waals surface area contributed by atoms with Gasteiger partial charge in [-0.2, -0.15) is 5.26 Å². The number of benzene rings is 2. The Morgan fingerprint density at radius 1 is 1.18 bits per heavy atom. The molecule has 0 fully saturated rings. The molecule has 0 spiro atoms. The van der Waals surface area contributed by atoms with Crippen molar-refractivity contribution < 1.29 is 14.3 Å². The van der Waals surface area contributed by atoms with Gasteiger partial charge in [0.15, 0.2) is 11.5 Å². The molecule has 0 saturated heterocycles. The minimum Gasteiger partial charge on any atom is -0.490 e. The summed E-state index contributed by atoms with van der Waals surface area (Å²) in [5.41, 5.74) is 2.06. The Hall–Kier alpha value is -2.97. The van der Waals surface area contributed by atoms with Gasteiger partial charge in [0, 0.05) is 10.7 Å². The predicted molar refractivity (Wildman–Crippen MR) is 112 cm³/mol. The molecule has 6 heteroatoms. The van der Waals surface area contributed by atoms with Crippen molar-refractivity contribution in [3.8, 4) is 17.6 Å². The van der Waals surface area contributed by atoms with E-state index in [0.29, 0.717) is 41.0 Å². The minimum atomic E-state index is -0.503. The topological polar surface area (TPSA) is 71.3 Å². The smallest absolute Gasteiger partial charge is 0.266 e. The number of rotatable bonds is 8. The van der Waals surface area contributed by atoms with Gasteiger partial charge in [0.25, 0.3) is 5.91 Å². The Labute approximate surface area is 170 Å². The second-order valence-electron chi connectivity index (χ2n) is 6.07. The number of nitriles is 1. The molecule has 2 rings (SSSR count). The van der Waals surface area contributed by atoms with Crippen LogP contribution in [0, 0.1) is 18.3 Å². The molecule has 0 unspecified atom stereocenters. The van der Waals surface area contributed by atoms with Crippen LogP contribution in [-0.2, 0) is 4.79 Å². The van der Waals surface area contributed by atoms with Crippen LogP contribution in [0.1, 0.15) is 31.4 Å². The first kappa shape index (κ1) is 21.3. The zero-order valence-electron chi connectivity index (χ0n) is 16.2. The molecule has 0 radical (unpaired) electrons. The van der Waals surface area contributed by atoms with Gasteiger partial charge >= 0.3 is 0 Å². The number of amides is 1. The van der Waals surface area contributed by atoms with Crippen LogP contribution in [0.4, 0.5) is 5.69 Å². The average molecular weight is 399 g/mol. The van der Waals surface area contributed by atoms with E-state index >= 15 is 0 Å². The van der Waals surface area contributed by atoms with Gasteiger partial charge < -0.3 is 14.8 Å². The summed E-state index contributed by atoms with van der Waals surface area (Å²) in [5.74, 6) is 0.712. The van der Waals surface area contributed by atoms with E-state index in [1.807, 2.05) is 26.8 Å². The van der Waals surface area contributed by atoms with Gasteiger partial charge in [-0.1, -0.05) is 30.7 Å².